The van der Waals surface area contributed by atoms with Crippen molar-refractivity contribution in [1.29, 1.82) is 0 Å². The van der Waals surface area contributed by atoms with Crippen LogP contribution in [-0.2, 0) is 0 Å². The Kier molecular flexibility index (Phi) is 1.97. The van der Waals surface area contributed by atoms with E-state index in [4.69, 9.17) is 0 Å². The molecule has 5 heteroatoms. The molecule has 0 aliphatic heterocycles. The standard InChI is InChI=1S/C7H5F5/c1-7(3(9)2-8)5(11)4(10)6(7)12/h2,5H,1H3/b3-2-/t5?,7-/m1/s1. The van der Waals surface area contributed by atoms with Gasteiger partial charge in [-0.3, -0.25) is 0 Å². The van der Waals surface area contributed by atoms with Crippen LogP contribution in [0.4, 0.5) is 22.0 Å². The second-order valence-electron chi connectivity index (χ2n) is 2.68. The van der Waals surface area contributed by atoms with Crippen LogP contribution in [-0.4, -0.2) is 6.17 Å². The molecule has 68 valence electrons. The molecule has 1 aliphatic carbocycles. The zero-order valence-corrected chi connectivity index (χ0v) is 6.04. The molecule has 0 saturated heterocycles. The molecule has 0 radical (unpaired) electrons. The first-order chi connectivity index (χ1) is 5.46. The fourth-order valence-corrected chi connectivity index (χ4v) is 0.986. The van der Waals surface area contributed by atoms with Crippen molar-refractivity contribution in [3.63, 3.8) is 0 Å². The number of hydrogen-bond donors (Lipinski definition) is 0. The van der Waals surface area contributed by atoms with Crippen LogP contribution in [0.25, 0.3) is 0 Å². The topological polar surface area (TPSA) is 0 Å². The molecule has 0 fully saturated rings. The quantitative estimate of drug-likeness (QED) is 0.548. The molecule has 0 spiro atoms. The van der Waals surface area contributed by atoms with Crippen LogP contribution in [0.1, 0.15) is 6.92 Å². The van der Waals surface area contributed by atoms with Gasteiger partial charge in [-0.1, -0.05) is 0 Å². The molecule has 1 rings (SSSR count). The van der Waals surface area contributed by atoms with Gasteiger partial charge in [-0.15, -0.1) is 0 Å². The van der Waals surface area contributed by atoms with E-state index in [1.165, 1.54) is 0 Å². The SMILES string of the molecule is C[C@]1(/C(F)=C/F)C(F)=C(F)C1F. The number of allylic oxidation sites excluding steroid dienone is 3. The summed E-state index contributed by atoms with van der Waals surface area (Å²) in [4.78, 5) is 0. The molecule has 2 atom stereocenters. The van der Waals surface area contributed by atoms with Crippen LogP contribution in [0.3, 0.4) is 0 Å². The van der Waals surface area contributed by atoms with Crippen molar-refractivity contribution >= 4 is 0 Å². The van der Waals surface area contributed by atoms with Crippen LogP contribution in [0.5, 0.6) is 0 Å². The van der Waals surface area contributed by atoms with E-state index in [2.05, 4.69) is 0 Å². The molecule has 1 aliphatic rings. The number of rotatable bonds is 1. The van der Waals surface area contributed by atoms with E-state index >= 15 is 0 Å². The first-order valence-corrected chi connectivity index (χ1v) is 3.12. The van der Waals surface area contributed by atoms with Crippen molar-refractivity contribution in [3.05, 3.63) is 23.8 Å². The van der Waals surface area contributed by atoms with Crippen molar-refractivity contribution in [2.75, 3.05) is 0 Å². The molecule has 0 aromatic rings. The fourth-order valence-electron chi connectivity index (χ4n) is 0.986. The smallest absolute Gasteiger partial charge is 0.172 e. The van der Waals surface area contributed by atoms with Gasteiger partial charge in [0.2, 0.25) is 0 Å². The van der Waals surface area contributed by atoms with Crippen molar-refractivity contribution in [2.45, 2.75) is 13.1 Å². The van der Waals surface area contributed by atoms with E-state index in [0.29, 0.717) is 0 Å². The first-order valence-electron chi connectivity index (χ1n) is 3.12. The maximum atomic E-state index is 12.5. The Bertz CT molecular complexity index is 267. The largest absolute Gasteiger partial charge is 0.238 e. The molecule has 0 bridgehead atoms. The van der Waals surface area contributed by atoms with Crippen molar-refractivity contribution in [2.24, 2.45) is 5.41 Å². The normalized spacial score (nSPS) is 36.8. The zero-order valence-electron chi connectivity index (χ0n) is 6.04. The van der Waals surface area contributed by atoms with E-state index in [1.807, 2.05) is 0 Å². The summed E-state index contributed by atoms with van der Waals surface area (Å²) in [5.41, 5.74) is -2.39. The minimum atomic E-state index is -2.43. The van der Waals surface area contributed by atoms with Gasteiger partial charge in [0.15, 0.2) is 17.8 Å². The minimum absolute atomic E-state index is 0.571. The maximum Gasteiger partial charge on any atom is 0.172 e. The molecule has 0 aromatic carbocycles. The van der Waals surface area contributed by atoms with E-state index in [0.717, 1.165) is 6.92 Å². The van der Waals surface area contributed by atoms with Crippen LogP contribution >= 0.6 is 0 Å². The van der Waals surface area contributed by atoms with Gasteiger partial charge < -0.3 is 0 Å². The van der Waals surface area contributed by atoms with Gasteiger partial charge in [0.1, 0.15) is 17.6 Å². The Labute approximate surface area is 65.4 Å². The monoisotopic (exact) mass is 184 g/mol. The Morgan fingerprint density at radius 2 is 2.00 bits per heavy atom. The first kappa shape index (κ1) is 9.22. The van der Waals surface area contributed by atoms with E-state index in [9.17, 15) is 22.0 Å². The number of halogens is 5. The van der Waals surface area contributed by atoms with Gasteiger partial charge in [-0.2, -0.15) is 0 Å². The summed E-state index contributed by atoms with van der Waals surface area (Å²) in [6.07, 6.45) is -3.00. The van der Waals surface area contributed by atoms with Crippen LogP contribution in [0.2, 0.25) is 0 Å². The lowest BCUT2D eigenvalue weighted by molar-refractivity contribution is 0.0870. The third-order valence-electron chi connectivity index (χ3n) is 1.99. The molecule has 0 heterocycles. The lowest BCUT2D eigenvalue weighted by Gasteiger charge is -2.36. The number of hydrogen-bond acceptors (Lipinski definition) is 0. The molecular formula is C7H5F5. The summed E-state index contributed by atoms with van der Waals surface area (Å²) >= 11 is 0. The molecule has 12 heavy (non-hydrogen) atoms. The Morgan fingerprint density at radius 3 is 2.33 bits per heavy atom. The Morgan fingerprint density at radius 1 is 1.50 bits per heavy atom. The van der Waals surface area contributed by atoms with Gasteiger partial charge in [0.05, 0.1) is 0 Å². The lowest BCUT2D eigenvalue weighted by Crippen LogP contribution is -2.40. The number of alkyl halides is 1. The average Bonchev–Trinajstić information content (AvgIpc) is 2.12. The molecule has 0 saturated carbocycles. The summed E-state index contributed by atoms with van der Waals surface area (Å²) in [6, 6.07) is 0. The highest BCUT2D eigenvalue weighted by molar-refractivity contribution is 5.38. The maximum absolute atomic E-state index is 12.5. The molecule has 0 aromatic heterocycles. The van der Waals surface area contributed by atoms with E-state index in [1.54, 1.807) is 0 Å². The third kappa shape index (κ3) is 0.820. The Balaban J connectivity index is 3.07. The molecular weight excluding hydrogens is 179 g/mol. The van der Waals surface area contributed by atoms with Crippen molar-refractivity contribution < 1.29 is 22.0 Å². The summed E-state index contributed by atoms with van der Waals surface area (Å²) in [7, 11) is 0. The van der Waals surface area contributed by atoms with Gasteiger partial charge in [-0.25, -0.2) is 22.0 Å². The van der Waals surface area contributed by atoms with Gasteiger partial charge in [0.25, 0.3) is 0 Å². The second kappa shape index (κ2) is 2.57. The lowest BCUT2D eigenvalue weighted by atomic mass is 9.73. The molecule has 0 nitrogen and oxygen atoms in total. The van der Waals surface area contributed by atoms with Crippen LogP contribution in [0.15, 0.2) is 23.8 Å². The average molecular weight is 184 g/mol. The second-order valence-corrected chi connectivity index (χ2v) is 2.68. The molecule has 1 unspecified atom stereocenters. The predicted molar refractivity (Wildman–Crippen MR) is 32.5 cm³/mol. The summed E-state index contributed by atoms with van der Waals surface area (Å²) in [5, 5.41) is 0. The predicted octanol–water partition coefficient (Wildman–Crippen LogP) is 3.28. The third-order valence-corrected chi connectivity index (χ3v) is 1.99. The van der Waals surface area contributed by atoms with Crippen LogP contribution < -0.4 is 0 Å². The van der Waals surface area contributed by atoms with Crippen molar-refractivity contribution in [3.8, 4) is 0 Å². The van der Waals surface area contributed by atoms with Crippen molar-refractivity contribution in [1.82, 2.24) is 0 Å². The van der Waals surface area contributed by atoms with E-state index < -0.39 is 35.4 Å². The van der Waals surface area contributed by atoms with Gasteiger partial charge in [-0.05, 0) is 6.92 Å². The highest BCUT2D eigenvalue weighted by Gasteiger charge is 2.57. The van der Waals surface area contributed by atoms with Gasteiger partial charge >= 0.3 is 0 Å². The summed E-state index contributed by atoms with van der Waals surface area (Å²) < 4.78 is 61.1. The zero-order chi connectivity index (χ0) is 9.52. The summed E-state index contributed by atoms with van der Waals surface area (Å²) in [6.45, 7) is 0.751. The fraction of sp³-hybridized carbons (Fsp3) is 0.429. The van der Waals surface area contributed by atoms with Crippen LogP contribution in [0, 0.1) is 5.41 Å². The van der Waals surface area contributed by atoms with Gasteiger partial charge in [0, 0.05) is 0 Å². The van der Waals surface area contributed by atoms with E-state index in [-0.39, 0.29) is 0 Å². The molecule has 0 N–H and O–H groups in total. The highest BCUT2D eigenvalue weighted by Crippen LogP contribution is 2.54. The highest BCUT2D eigenvalue weighted by atomic mass is 19.2. The minimum Gasteiger partial charge on any atom is -0.238 e. The molecule has 0 amide bonds. The summed E-state index contributed by atoms with van der Waals surface area (Å²) in [5.74, 6) is -4.88. The Hall–Kier alpha value is -0.870.